The van der Waals surface area contributed by atoms with Crippen LogP contribution in [0.4, 0.5) is 17.1 Å². The number of anilines is 3. The van der Waals surface area contributed by atoms with Gasteiger partial charge in [0, 0.05) is 22.5 Å². The molecule has 7 aromatic rings. The van der Waals surface area contributed by atoms with Crippen molar-refractivity contribution < 1.29 is 0 Å². The van der Waals surface area contributed by atoms with E-state index in [1.165, 1.54) is 77.9 Å². The van der Waals surface area contributed by atoms with Crippen LogP contribution in [0.5, 0.6) is 0 Å². The molecule has 0 saturated heterocycles. The molecule has 0 aromatic heterocycles. The summed E-state index contributed by atoms with van der Waals surface area (Å²) in [5.74, 6) is 0. The van der Waals surface area contributed by atoms with Crippen LogP contribution in [0.1, 0.15) is 55.5 Å². The van der Waals surface area contributed by atoms with Crippen LogP contribution in [-0.2, 0) is 10.8 Å². The standard InChI is InChI=1S/C56H47N/c1-7-18-38(3)56(44-29-33-51-49-25-15-16-26-52(49)55(5,6)53(51)36-44)39(4)48(8-2)50-34-32-47(37-54(50)56)57(45-30-27-42(28-31-45)40-19-11-9-12-20-40)46-24-17-23-43(35-46)41-21-13-10-14-22-41/h7-37H,1-2H2,3-6H3. The molecule has 276 valence electrons. The van der Waals surface area contributed by atoms with E-state index in [1.807, 2.05) is 12.2 Å². The van der Waals surface area contributed by atoms with E-state index in [1.54, 1.807) is 0 Å². The molecule has 1 atom stereocenters. The van der Waals surface area contributed by atoms with E-state index in [0.717, 1.165) is 17.1 Å². The summed E-state index contributed by atoms with van der Waals surface area (Å²) in [6.07, 6.45) is 6.18. The number of benzene rings is 7. The van der Waals surface area contributed by atoms with Crippen LogP contribution in [0.25, 0.3) is 39.0 Å². The predicted molar refractivity (Wildman–Crippen MR) is 244 cm³/mol. The van der Waals surface area contributed by atoms with Crippen LogP contribution in [0.15, 0.2) is 212 Å². The summed E-state index contributed by atoms with van der Waals surface area (Å²) in [4.78, 5) is 2.41. The molecule has 9 rings (SSSR count). The van der Waals surface area contributed by atoms with Gasteiger partial charge >= 0.3 is 0 Å². The lowest BCUT2D eigenvalue weighted by Crippen LogP contribution is -2.30. The lowest BCUT2D eigenvalue weighted by atomic mass is 9.66. The molecule has 0 saturated carbocycles. The highest BCUT2D eigenvalue weighted by molar-refractivity contribution is 5.92. The van der Waals surface area contributed by atoms with Gasteiger partial charge in [-0.2, -0.15) is 0 Å². The first kappa shape index (κ1) is 36.0. The molecule has 0 fully saturated rings. The summed E-state index contributed by atoms with van der Waals surface area (Å²) < 4.78 is 0. The maximum Gasteiger partial charge on any atom is 0.0634 e. The molecule has 0 N–H and O–H groups in total. The molecule has 0 spiro atoms. The lowest BCUT2D eigenvalue weighted by molar-refractivity contribution is 0.653. The van der Waals surface area contributed by atoms with Gasteiger partial charge in [0.05, 0.1) is 5.41 Å². The zero-order valence-corrected chi connectivity index (χ0v) is 33.3. The summed E-state index contributed by atoms with van der Waals surface area (Å²) >= 11 is 0. The summed E-state index contributed by atoms with van der Waals surface area (Å²) in [5.41, 5.74) is 20.2. The molecule has 1 unspecified atom stereocenters. The van der Waals surface area contributed by atoms with Gasteiger partial charge in [0.15, 0.2) is 0 Å². The van der Waals surface area contributed by atoms with E-state index in [0.29, 0.717) is 0 Å². The van der Waals surface area contributed by atoms with Gasteiger partial charge in [-0.1, -0.05) is 184 Å². The van der Waals surface area contributed by atoms with Gasteiger partial charge in [-0.25, -0.2) is 0 Å². The van der Waals surface area contributed by atoms with Gasteiger partial charge in [-0.05, 0) is 123 Å². The van der Waals surface area contributed by atoms with Crippen LogP contribution in [0.2, 0.25) is 0 Å². The van der Waals surface area contributed by atoms with Crippen molar-refractivity contribution in [2.45, 2.75) is 38.5 Å². The van der Waals surface area contributed by atoms with Crippen LogP contribution < -0.4 is 4.90 Å². The number of hydrogen-bond donors (Lipinski definition) is 0. The minimum absolute atomic E-state index is 0.131. The Morgan fingerprint density at radius 2 is 1.09 bits per heavy atom. The molecule has 57 heavy (non-hydrogen) atoms. The van der Waals surface area contributed by atoms with Crippen LogP contribution >= 0.6 is 0 Å². The molecule has 1 nitrogen and oxygen atoms in total. The quantitative estimate of drug-likeness (QED) is 0.134. The third-order valence-electron chi connectivity index (χ3n) is 12.5. The van der Waals surface area contributed by atoms with Gasteiger partial charge in [-0.3, -0.25) is 0 Å². The molecule has 2 aliphatic carbocycles. The Hall–Kier alpha value is -6.70. The first-order valence-electron chi connectivity index (χ1n) is 19.9. The lowest BCUT2D eigenvalue weighted by Gasteiger charge is -2.37. The second-order valence-corrected chi connectivity index (χ2v) is 15.9. The zero-order valence-electron chi connectivity index (χ0n) is 33.3. The van der Waals surface area contributed by atoms with Crippen molar-refractivity contribution in [1.29, 1.82) is 0 Å². The van der Waals surface area contributed by atoms with Gasteiger partial charge in [0.2, 0.25) is 0 Å². The maximum atomic E-state index is 4.38. The molecule has 0 bridgehead atoms. The monoisotopic (exact) mass is 733 g/mol. The van der Waals surface area contributed by atoms with Gasteiger partial charge < -0.3 is 4.90 Å². The molecule has 0 heterocycles. The maximum absolute atomic E-state index is 4.38. The molecule has 7 aromatic carbocycles. The van der Waals surface area contributed by atoms with Crippen molar-refractivity contribution in [3.8, 4) is 33.4 Å². The summed E-state index contributed by atoms with van der Waals surface area (Å²) in [5, 5.41) is 0. The topological polar surface area (TPSA) is 3.24 Å². The van der Waals surface area contributed by atoms with E-state index in [9.17, 15) is 0 Å². The van der Waals surface area contributed by atoms with Crippen molar-refractivity contribution in [2.24, 2.45) is 0 Å². The minimum Gasteiger partial charge on any atom is -0.310 e. The second-order valence-electron chi connectivity index (χ2n) is 15.9. The summed E-state index contributed by atoms with van der Waals surface area (Å²) in [6, 6.07) is 62.2. The summed E-state index contributed by atoms with van der Waals surface area (Å²) in [6.45, 7) is 17.9. The van der Waals surface area contributed by atoms with E-state index >= 15 is 0 Å². The Morgan fingerprint density at radius 1 is 0.509 bits per heavy atom. The molecular formula is C56H47N. The largest absolute Gasteiger partial charge is 0.310 e. The highest BCUT2D eigenvalue weighted by Crippen LogP contribution is 2.58. The first-order valence-corrected chi connectivity index (χ1v) is 19.9. The van der Waals surface area contributed by atoms with Crippen LogP contribution in [0.3, 0.4) is 0 Å². The van der Waals surface area contributed by atoms with E-state index in [4.69, 9.17) is 0 Å². The highest BCUT2D eigenvalue weighted by atomic mass is 15.1. The van der Waals surface area contributed by atoms with Crippen molar-refractivity contribution in [3.63, 3.8) is 0 Å². The van der Waals surface area contributed by atoms with Crippen LogP contribution in [0, 0.1) is 0 Å². The van der Waals surface area contributed by atoms with E-state index in [2.05, 4.69) is 222 Å². The van der Waals surface area contributed by atoms with E-state index < -0.39 is 5.41 Å². The smallest absolute Gasteiger partial charge is 0.0634 e. The highest BCUT2D eigenvalue weighted by Gasteiger charge is 2.47. The third kappa shape index (κ3) is 5.68. The summed E-state index contributed by atoms with van der Waals surface area (Å²) in [7, 11) is 0. The number of hydrogen-bond acceptors (Lipinski definition) is 1. The van der Waals surface area contributed by atoms with Crippen molar-refractivity contribution in [3.05, 3.63) is 240 Å². The van der Waals surface area contributed by atoms with Crippen LogP contribution in [-0.4, -0.2) is 0 Å². The molecular weight excluding hydrogens is 687 g/mol. The van der Waals surface area contributed by atoms with Gasteiger partial charge in [0.25, 0.3) is 0 Å². The fraction of sp³-hybridized carbons (Fsp3) is 0.107. The number of fused-ring (bicyclic) bond motifs is 4. The molecule has 1 heteroatoms. The van der Waals surface area contributed by atoms with Gasteiger partial charge in [0.1, 0.15) is 0 Å². The fourth-order valence-electron chi connectivity index (χ4n) is 9.77. The number of nitrogens with zero attached hydrogens (tertiary/aromatic N) is 1. The minimum atomic E-state index is -0.544. The molecule has 0 radical (unpaired) electrons. The fourth-order valence-corrected chi connectivity index (χ4v) is 9.77. The second kappa shape index (κ2) is 14.1. The molecule has 2 aliphatic rings. The number of rotatable bonds is 9. The van der Waals surface area contributed by atoms with Crippen molar-refractivity contribution in [1.82, 2.24) is 0 Å². The Bertz CT molecular complexity index is 2740. The Labute approximate surface area is 338 Å². The van der Waals surface area contributed by atoms with E-state index in [-0.39, 0.29) is 5.41 Å². The van der Waals surface area contributed by atoms with Crippen molar-refractivity contribution in [2.75, 3.05) is 4.90 Å². The number of allylic oxidation sites excluding steroid dienone is 6. The van der Waals surface area contributed by atoms with Crippen molar-refractivity contribution >= 4 is 22.6 Å². The first-order chi connectivity index (χ1) is 27.8. The van der Waals surface area contributed by atoms with Gasteiger partial charge in [-0.15, -0.1) is 0 Å². The molecule has 0 amide bonds. The third-order valence-corrected chi connectivity index (χ3v) is 12.5. The SMILES string of the molecule is C=CC=C(C)C1(c2ccc3c(c2)C(C)(C)c2ccccc2-3)C(C)=C(C=C)c2ccc(N(c3ccc(-c4ccccc4)cc3)c3cccc(-c4ccccc4)c3)cc21. The normalized spacial score (nSPS) is 16.5. The zero-order chi connectivity index (χ0) is 39.3. The Kier molecular flexibility index (Phi) is 8.90. The average molecular weight is 734 g/mol. The average Bonchev–Trinajstić information content (AvgIpc) is 3.64. The Morgan fingerprint density at radius 3 is 1.79 bits per heavy atom. The predicted octanol–water partition coefficient (Wildman–Crippen LogP) is 15.2. The molecule has 0 aliphatic heterocycles. The Balaban J connectivity index is 1.27.